The van der Waals surface area contributed by atoms with Crippen LogP contribution in [0.2, 0.25) is 5.02 Å². The first-order valence-corrected chi connectivity index (χ1v) is 5.31. The number of hydrogen-bond donors (Lipinski definition) is 4. The van der Waals surface area contributed by atoms with Crippen molar-refractivity contribution in [1.82, 2.24) is 10.3 Å². The van der Waals surface area contributed by atoms with E-state index in [-0.39, 0.29) is 5.82 Å². The molecule has 1 aromatic heterocycles. The van der Waals surface area contributed by atoms with Crippen molar-refractivity contribution >= 4 is 29.4 Å². The number of carboxylic acid groups (broad SMARTS) is 1. The van der Waals surface area contributed by atoms with Crippen molar-refractivity contribution in [3.05, 3.63) is 23.4 Å². The molecule has 0 bridgehead atoms. The summed E-state index contributed by atoms with van der Waals surface area (Å²) in [6.45, 7) is 0.641. The van der Waals surface area contributed by atoms with Crippen LogP contribution in [0.3, 0.4) is 0 Å². The Kier molecular flexibility index (Phi) is 4.46. The van der Waals surface area contributed by atoms with Gasteiger partial charge >= 0.3 is 12.0 Å². The molecule has 0 aromatic carbocycles. The number of rotatable bonds is 4. The van der Waals surface area contributed by atoms with Gasteiger partial charge in [0, 0.05) is 11.2 Å². The number of nitrogens with zero attached hydrogens (tertiary/aromatic N) is 1. The first-order chi connectivity index (χ1) is 8.31. The van der Waals surface area contributed by atoms with Gasteiger partial charge in [0.05, 0.1) is 6.54 Å². The monoisotopic (exact) mass is 273 g/mol. The zero-order valence-corrected chi connectivity index (χ0v) is 10.2. The molecule has 8 heteroatoms. The van der Waals surface area contributed by atoms with Gasteiger partial charge in [0.1, 0.15) is 5.82 Å². The molecule has 1 unspecified atom stereocenters. The Morgan fingerprint density at radius 3 is 2.78 bits per heavy atom. The Hall–Kier alpha value is -1.86. The van der Waals surface area contributed by atoms with Gasteiger partial charge in [-0.1, -0.05) is 11.6 Å². The smallest absolute Gasteiger partial charge is 0.337 e. The molecular weight excluding hydrogens is 262 g/mol. The van der Waals surface area contributed by atoms with Gasteiger partial charge in [0.25, 0.3) is 0 Å². The molecule has 0 fully saturated rings. The fourth-order valence-electron chi connectivity index (χ4n) is 0.962. The fourth-order valence-corrected chi connectivity index (χ4v) is 1.12. The molecule has 2 amide bonds. The Morgan fingerprint density at radius 2 is 2.22 bits per heavy atom. The summed E-state index contributed by atoms with van der Waals surface area (Å²) in [6.07, 6.45) is 1.41. The van der Waals surface area contributed by atoms with Crippen molar-refractivity contribution < 1.29 is 19.8 Å². The molecule has 1 atom stereocenters. The first-order valence-electron chi connectivity index (χ1n) is 4.93. The Balaban J connectivity index is 2.50. The zero-order valence-electron chi connectivity index (χ0n) is 9.48. The lowest BCUT2D eigenvalue weighted by atomic mass is 10.1. The molecule has 1 rings (SSSR count). The summed E-state index contributed by atoms with van der Waals surface area (Å²) in [7, 11) is 0. The summed E-state index contributed by atoms with van der Waals surface area (Å²) in [5, 5.41) is 23.0. The standard InChI is InChI=1S/C10H12ClN3O4/c1-10(18,8(15)16)5-13-9(17)14-7-4-6(11)2-3-12-7/h2-4,18H,5H2,1H3,(H,15,16)(H2,12,13,14,17). The number of amides is 2. The Labute approximate surface area is 108 Å². The van der Waals surface area contributed by atoms with Crippen molar-refractivity contribution in [2.75, 3.05) is 11.9 Å². The number of nitrogens with one attached hydrogen (secondary N) is 2. The second kappa shape index (κ2) is 5.65. The number of aromatic nitrogens is 1. The van der Waals surface area contributed by atoms with Crippen LogP contribution in [0.25, 0.3) is 0 Å². The molecule has 0 aliphatic rings. The third-order valence-corrected chi connectivity index (χ3v) is 2.25. The fraction of sp³-hybridized carbons (Fsp3) is 0.300. The van der Waals surface area contributed by atoms with E-state index in [1.165, 1.54) is 12.3 Å². The average Bonchev–Trinajstić information content (AvgIpc) is 2.26. The molecule has 0 spiro atoms. The molecule has 7 nitrogen and oxygen atoms in total. The van der Waals surface area contributed by atoms with E-state index in [1.807, 2.05) is 0 Å². The van der Waals surface area contributed by atoms with Crippen LogP contribution in [0.4, 0.5) is 10.6 Å². The summed E-state index contributed by atoms with van der Waals surface area (Å²) < 4.78 is 0. The van der Waals surface area contributed by atoms with Gasteiger partial charge < -0.3 is 15.5 Å². The highest BCUT2D eigenvalue weighted by Crippen LogP contribution is 2.11. The summed E-state index contributed by atoms with van der Waals surface area (Å²) in [4.78, 5) is 25.8. The van der Waals surface area contributed by atoms with Crippen LogP contribution in [-0.2, 0) is 4.79 Å². The number of carbonyl (C=O) groups is 2. The van der Waals surface area contributed by atoms with Crippen LogP contribution in [0.1, 0.15) is 6.92 Å². The van der Waals surface area contributed by atoms with E-state index in [2.05, 4.69) is 15.6 Å². The minimum absolute atomic E-state index is 0.218. The van der Waals surface area contributed by atoms with Gasteiger partial charge in [-0.2, -0.15) is 0 Å². The lowest BCUT2D eigenvalue weighted by molar-refractivity contribution is -0.155. The van der Waals surface area contributed by atoms with Crippen molar-refractivity contribution in [3.8, 4) is 0 Å². The highest BCUT2D eigenvalue weighted by atomic mass is 35.5. The van der Waals surface area contributed by atoms with Gasteiger partial charge in [-0.15, -0.1) is 0 Å². The highest BCUT2D eigenvalue weighted by Gasteiger charge is 2.30. The number of carboxylic acids is 1. The third-order valence-electron chi connectivity index (χ3n) is 2.02. The first kappa shape index (κ1) is 14.2. The second-order valence-electron chi connectivity index (χ2n) is 3.75. The largest absolute Gasteiger partial charge is 0.479 e. The van der Waals surface area contributed by atoms with Crippen LogP contribution in [0, 0.1) is 0 Å². The Morgan fingerprint density at radius 1 is 1.56 bits per heavy atom. The molecule has 0 saturated heterocycles. The molecule has 18 heavy (non-hydrogen) atoms. The maximum absolute atomic E-state index is 11.4. The number of halogens is 1. The van der Waals surface area contributed by atoms with Gasteiger partial charge in [-0.25, -0.2) is 14.6 Å². The van der Waals surface area contributed by atoms with E-state index in [9.17, 15) is 14.7 Å². The molecule has 0 aliphatic carbocycles. The van der Waals surface area contributed by atoms with Crippen molar-refractivity contribution in [2.24, 2.45) is 0 Å². The number of hydrogen-bond acceptors (Lipinski definition) is 4. The number of aliphatic carboxylic acids is 1. The summed E-state index contributed by atoms with van der Waals surface area (Å²) in [5.74, 6) is -1.21. The lowest BCUT2D eigenvalue weighted by Gasteiger charge is -2.18. The number of carbonyl (C=O) groups excluding carboxylic acids is 1. The van der Waals surface area contributed by atoms with E-state index in [0.29, 0.717) is 5.02 Å². The lowest BCUT2D eigenvalue weighted by Crippen LogP contribution is -2.47. The number of urea groups is 1. The van der Waals surface area contributed by atoms with Crippen LogP contribution >= 0.6 is 11.6 Å². The van der Waals surface area contributed by atoms with Crippen LogP contribution in [-0.4, -0.2) is 39.3 Å². The van der Waals surface area contributed by atoms with Gasteiger partial charge in [-0.05, 0) is 19.1 Å². The Bertz CT molecular complexity index is 464. The number of anilines is 1. The SMILES string of the molecule is CC(O)(CNC(=O)Nc1cc(Cl)ccn1)C(=O)O. The number of aliphatic hydroxyl groups is 1. The summed E-state index contributed by atoms with van der Waals surface area (Å²) in [5.41, 5.74) is -2.03. The van der Waals surface area contributed by atoms with Crippen LogP contribution in [0.5, 0.6) is 0 Å². The van der Waals surface area contributed by atoms with Gasteiger partial charge in [0.2, 0.25) is 0 Å². The van der Waals surface area contributed by atoms with E-state index >= 15 is 0 Å². The third kappa shape index (κ3) is 4.19. The normalized spacial score (nSPS) is 13.5. The molecule has 0 radical (unpaired) electrons. The average molecular weight is 274 g/mol. The van der Waals surface area contributed by atoms with Gasteiger partial charge in [0.15, 0.2) is 5.60 Å². The van der Waals surface area contributed by atoms with E-state index in [0.717, 1.165) is 6.92 Å². The molecular formula is C10H12ClN3O4. The van der Waals surface area contributed by atoms with Crippen LogP contribution < -0.4 is 10.6 Å². The zero-order chi connectivity index (χ0) is 13.8. The van der Waals surface area contributed by atoms with Crippen molar-refractivity contribution in [2.45, 2.75) is 12.5 Å². The summed E-state index contributed by atoms with van der Waals surface area (Å²) >= 11 is 5.69. The molecule has 0 saturated carbocycles. The summed E-state index contributed by atoms with van der Waals surface area (Å²) in [6, 6.07) is 2.28. The highest BCUT2D eigenvalue weighted by molar-refractivity contribution is 6.30. The quantitative estimate of drug-likeness (QED) is 0.645. The minimum atomic E-state index is -2.03. The van der Waals surface area contributed by atoms with Crippen LogP contribution in [0.15, 0.2) is 18.3 Å². The van der Waals surface area contributed by atoms with E-state index < -0.39 is 24.1 Å². The predicted molar refractivity (Wildman–Crippen MR) is 64.5 cm³/mol. The van der Waals surface area contributed by atoms with Crippen molar-refractivity contribution in [3.63, 3.8) is 0 Å². The number of pyridine rings is 1. The maximum atomic E-state index is 11.4. The van der Waals surface area contributed by atoms with Gasteiger partial charge in [-0.3, -0.25) is 5.32 Å². The van der Waals surface area contributed by atoms with Crippen molar-refractivity contribution in [1.29, 1.82) is 0 Å². The molecule has 1 heterocycles. The predicted octanol–water partition coefficient (Wildman–Crippen LogP) is 0.692. The molecule has 0 aliphatic heterocycles. The minimum Gasteiger partial charge on any atom is -0.479 e. The van der Waals surface area contributed by atoms with E-state index in [1.54, 1.807) is 6.07 Å². The van der Waals surface area contributed by atoms with E-state index in [4.69, 9.17) is 16.7 Å². The molecule has 4 N–H and O–H groups in total. The molecule has 98 valence electrons. The second-order valence-corrected chi connectivity index (χ2v) is 4.18. The molecule has 1 aromatic rings. The maximum Gasteiger partial charge on any atom is 0.337 e. The topological polar surface area (TPSA) is 112 Å².